The zero-order valence-corrected chi connectivity index (χ0v) is 11.9. The van der Waals surface area contributed by atoms with Gasteiger partial charge in [-0.15, -0.1) is 0 Å². The zero-order chi connectivity index (χ0) is 15.1. The molecule has 0 bridgehead atoms. The fraction of sp³-hybridized carbons (Fsp3) is 0.429. The minimum absolute atomic E-state index is 0.321. The highest BCUT2D eigenvalue weighted by Crippen LogP contribution is 2.28. The number of carbonyl (C=O) groups is 2. The van der Waals surface area contributed by atoms with Gasteiger partial charge in [-0.3, -0.25) is 9.59 Å². The monoisotopic (exact) mass is 281 g/mol. The van der Waals surface area contributed by atoms with Gasteiger partial charge >= 0.3 is 5.97 Å². The van der Waals surface area contributed by atoms with Crippen LogP contribution in [0, 0.1) is 0 Å². The number of nitrogens with zero attached hydrogens (tertiary/aromatic N) is 1. The molecule has 0 aliphatic rings. The van der Waals surface area contributed by atoms with E-state index < -0.39 is 5.97 Å². The fourth-order valence-corrected chi connectivity index (χ4v) is 1.75. The van der Waals surface area contributed by atoms with Crippen LogP contribution in [0.15, 0.2) is 18.2 Å². The Morgan fingerprint density at radius 1 is 1.25 bits per heavy atom. The molecule has 110 valence electrons. The van der Waals surface area contributed by atoms with Crippen LogP contribution in [0.25, 0.3) is 0 Å². The molecule has 0 radical (unpaired) electrons. The predicted octanol–water partition coefficient (Wildman–Crippen LogP) is 1.64. The normalized spacial score (nSPS) is 9.95. The van der Waals surface area contributed by atoms with Crippen LogP contribution >= 0.6 is 0 Å². The fourth-order valence-electron chi connectivity index (χ4n) is 1.75. The first-order valence-corrected chi connectivity index (χ1v) is 6.35. The Morgan fingerprint density at radius 2 is 1.95 bits per heavy atom. The van der Waals surface area contributed by atoms with Gasteiger partial charge in [-0.25, -0.2) is 0 Å². The highest BCUT2D eigenvalue weighted by atomic mass is 16.5. The van der Waals surface area contributed by atoms with Gasteiger partial charge in [0.05, 0.1) is 13.7 Å². The second-order valence-electron chi connectivity index (χ2n) is 4.01. The molecule has 0 aliphatic heterocycles. The number of hydrogen-bond acceptors (Lipinski definition) is 4. The molecule has 0 saturated carbocycles. The van der Waals surface area contributed by atoms with E-state index in [-0.39, 0.29) is 12.5 Å². The first kappa shape index (κ1) is 15.8. The Kier molecular flexibility index (Phi) is 5.83. The summed E-state index contributed by atoms with van der Waals surface area (Å²) in [6.07, 6.45) is 0. The minimum atomic E-state index is -1.04. The molecular formula is C14H19NO5. The number of ether oxygens (including phenoxy) is 2. The van der Waals surface area contributed by atoms with Crippen molar-refractivity contribution in [3.8, 4) is 11.5 Å². The highest BCUT2D eigenvalue weighted by molar-refractivity contribution is 5.96. The van der Waals surface area contributed by atoms with Crippen LogP contribution in [0.4, 0.5) is 0 Å². The third-order valence-corrected chi connectivity index (χ3v) is 2.71. The molecule has 0 spiro atoms. The number of amides is 1. The number of carbonyl (C=O) groups excluding carboxylic acids is 1. The van der Waals surface area contributed by atoms with E-state index in [0.29, 0.717) is 30.2 Å². The second-order valence-corrected chi connectivity index (χ2v) is 4.01. The maximum atomic E-state index is 12.2. The molecule has 1 rings (SSSR count). The molecule has 1 aromatic carbocycles. The van der Waals surface area contributed by atoms with Crippen LogP contribution in [0.3, 0.4) is 0 Å². The molecule has 0 aliphatic carbocycles. The van der Waals surface area contributed by atoms with Crippen LogP contribution in [-0.4, -0.2) is 48.7 Å². The molecule has 0 saturated heterocycles. The summed E-state index contributed by atoms with van der Waals surface area (Å²) in [4.78, 5) is 24.2. The van der Waals surface area contributed by atoms with Crippen LogP contribution in [-0.2, 0) is 4.79 Å². The van der Waals surface area contributed by atoms with Crippen LogP contribution in [0.5, 0.6) is 11.5 Å². The van der Waals surface area contributed by atoms with Crippen LogP contribution in [0.1, 0.15) is 24.2 Å². The standard InChI is InChI=1S/C14H19NO5/c1-4-15(9-13(16)17)14(18)10-6-7-11(19-3)12(8-10)20-5-2/h6-8H,4-5,9H2,1-3H3,(H,16,17). The second kappa shape index (κ2) is 7.37. The van der Waals surface area contributed by atoms with E-state index in [1.165, 1.54) is 12.0 Å². The molecule has 0 aromatic heterocycles. The summed E-state index contributed by atoms with van der Waals surface area (Å²) in [5.41, 5.74) is 0.373. The first-order valence-electron chi connectivity index (χ1n) is 6.35. The molecule has 20 heavy (non-hydrogen) atoms. The number of aliphatic carboxylic acids is 1. The van der Waals surface area contributed by atoms with Crippen LogP contribution < -0.4 is 9.47 Å². The van der Waals surface area contributed by atoms with Gasteiger partial charge in [0, 0.05) is 12.1 Å². The van der Waals surface area contributed by atoms with Crippen molar-refractivity contribution in [1.29, 1.82) is 0 Å². The number of likely N-dealkylation sites (N-methyl/N-ethyl adjacent to an activating group) is 1. The average Bonchev–Trinajstić information content (AvgIpc) is 2.44. The summed E-state index contributed by atoms with van der Waals surface area (Å²) in [6.45, 7) is 4.00. The Labute approximate surface area is 117 Å². The maximum Gasteiger partial charge on any atom is 0.323 e. The molecule has 6 nitrogen and oxygen atoms in total. The van der Waals surface area contributed by atoms with E-state index in [1.54, 1.807) is 25.1 Å². The Bertz CT molecular complexity index is 486. The molecule has 0 atom stereocenters. The molecule has 0 unspecified atom stereocenters. The molecule has 1 N–H and O–H groups in total. The maximum absolute atomic E-state index is 12.2. The first-order chi connectivity index (χ1) is 9.53. The number of hydrogen-bond donors (Lipinski definition) is 1. The summed E-state index contributed by atoms with van der Waals surface area (Å²) < 4.78 is 10.5. The van der Waals surface area contributed by atoms with E-state index in [4.69, 9.17) is 14.6 Å². The highest BCUT2D eigenvalue weighted by Gasteiger charge is 2.18. The largest absolute Gasteiger partial charge is 0.493 e. The van der Waals surface area contributed by atoms with Crippen molar-refractivity contribution in [1.82, 2.24) is 4.90 Å². The average molecular weight is 281 g/mol. The number of rotatable bonds is 7. The third-order valence-electron chi connectivity index (χ3n) is 2.71. The smallest absolute Gasteiger partial charge is 0.323 e. The lowest BCUT2D eigenvalue weighted by molar-refractivity contribution is -0.137. The Hall–Kier alpha value is -2.24. The van der Waals surface area contributed by atoms with Gasteiger partial charge in [-0.2, -0.15) is 0 Å². The van der Waals surface area contributed by atoms with Crippen LogP contribution in [0.2, 0.25) is 0 Å². The van der Waals surface area contributed by atoms with E-state index >= 15 is 0 Å². The van der Waals surface area contributed by atoms with Crippen molar-refractivity contribution in [2.45, 2.75) is 13.8 Å². The van der Waals surface area contributed by atoms with Crippen molar-refractivity contribution in [2.75, 3.05) is 26.8 Å². The number of methoxy groups -OCH3 is 1. The number of carboxylic acids is 1. The van der Waals surface area contributed by atoms with Crippen molar-refractivity contribution < 1.29 is 24.2 Å². The number of benzene rings is 1. The summed E-state index contributed by atoms with van der Waals surface area (Å²) >= 11 is 0. The summed E-state index contributed by atoms with van der Waals surface area (Å²) in [5, 5.41) is 8.79. The predicted molar refractivity (Wildman–Crippen MR) is 73.4 cm³/mol. The van der Waals surface area contributed by atoms with E-state index in [1.807, 2.05) is 6.92 Å². The molecule has 1 aromatic rings. The van der Waals surface area contributed by atoms with Gasteiger partial charge in [0.1, 0.15) is 6.54 Å². The van der Waals surface area contributed by atoms with Gasteiger partial charge < -0.3 is 19.5 Å². The number of carboxylic acid groups (broad SMARTS) is 1. The Balaban J connectivity index is 3.02. The van der Waals surface area contributed by atoms with Crippen molar-refractivity contribution in [2.24, 2.45) is 0 Å². The summed E-state index contributed by atoms with van der Waals surface area (Å²) in [7, 11) is 1.52. The Morgan fingerprint density at radius 3 is 2.45 bits per heavy atom. The van der Waals surface area contributed by atoms with Crippen molar-refractivity contribution in [3.05, 3.63) is 23.8 Å². The summed E-state index contributed by atoms with van der Waals surface area (Å²) in [5.74, 6) is -0.394. The van der Waals surface area contributed by atoms with Gasteiger partial charge in [-0.05, 0) is 32.0 Å². The lowest BCUT2D eigenvalue weighted by atomic mass is 10.1. The van der Waals surface area contributed by atoms with Gasteiger partial charge in [0.15, 0.2) is 11.5 Å². The van der Waals surface area contributed by atoms with Gasteiger partial charge in [-0.1, -0.05) is 0 Å². The molecule has 0 heterocycles. The van der Waals surface area contributed by atoms with E-state index in [0.717, 1.165) is 0 Å². The minimum Gasteiger partial charge on any atom is -0.493 e. The quantitative estimate of drug-likeness (QED) is 0.822. The third kappa shape index (κ3) is 3.88. The lowest BCUT2D eigenvalue weighted by Gasteiger charge is -2.19. The van der Waals surface area contributed by atoms with Crippen molar-refractivity contribution >= 4 is 11.9 Å². The molecular weight excluding hydrogens is 262 g/mol. The van der Waals surface area contributed by atoms with Gasteiger partial charge in [0.25, 0.3) is 5.91 Å². The van der Waals surface area contributed by atoms with E-state index in [2.05, 4.69) is 0 Å². The lowest BCUT2D eigenvalue weighted by Crippen LogP contribution is -2.35. The van der Waals surface area contributed by atoms with Gasteiger partial charge in [0.2, 0.25) is 0 Å². The SMILES string of the molecule is CCOc1cc(C(=O)N(CC)CC(=O)O)ccc1OC. The zero-order valence-electron chi connectivity index (χ0n) is 11.9. The molecule has 0 fully saturated rings. The molecule has 6 heteroatoms. The van der Waals surface area contributed by atoms with Crippen molar-refractivity contribution in [3.63, 3.8) is 0 Å². The topological polar surface area (TPSA) is 76.1 Å². The summed E-state index contributed by atoms with van der Waals surface area (Å²) in [6, 6.07) is 4.79. The van der Waals surface area contributed by atoms with E-state index in [9.17, 15) is 9.59 Å². The molecule has 1 amide bonds.